The third kappa shape index (κ3) is 5.38. The molecule has 0 bridgehead atoms. The maximum absolute atomic E-state index is 13.4. The minimum Gasteiger partial charge on any atom is -0.447 e. The normalized spacial score (nSPS) is 19.8. The van der Waals surface area contributed by atoms with Crippen LogP contribution in [0.25, 0.3) is 0 Å². The number of imide groups is 1. The Morgan fingerprint density at radius 1 is 1.00 bits per heavy atom. The van der Waals surface area contributed by atoms with Crippen LogP contribution in [0.5, 0.6) is 0 Å². The first-order valence-electron chi connectivity index (χ1n) is 10.9. The smallest absolute Gasteiger partial charge is 0.416 e. The first kappa shape index (κ1) is 20.4. The highest BCUT2D eigenvalue weighted by Crippen LogP contribution is 2.37. The van der Waals surface area contributed by atoms with Gasteiger partial charge < -0.3 is 4.74 Å². The fourth-order valence-electron chi connectivity index (χ4n) is 4.11. The second-order valence-corrected chi connectivity index (χ2v) is 8.40. The van der Waals surface area contributed by atoms with Gasteiger partial charge in [0.05, 0.1) is 6.04 Å². The molecule has 0 aromatic heterocycles. The van der Waals surface area contributed by atoms with Crippen LogP contribution >= 0.6 is 0 Å². The molecular formula is C26H29NO3. The maximum Gasteiger partial charge on any atom is 0.416 e. The molecule has 2 aromatic rings. The number of nitrogens with zero attached hydrogens (tertiary/aromatic N) is 1. The van der Waals surface area contributed by atoms with Crippen LogP contribution in [-0.2, 0) is 22.4 Å². The van der Waals surface area contributed by atoms with Gasteiger partial charge >= 0.3 is 6.09 Å². The number of cyclic esters (lactones) is 1. The zero-order valence-electron chi connectivity index (χ0n) is 17.3. The Kier molecular flexibility index (Phi) is 6.63. The van der Waals surface area contributed by atoms with Crippen molar-refractivity contribution in [2.75, 3.05) is 6.61 Å². The Morgan fingerprint density at radius 3 is 2.33 bits per heavy atom. The van der Waals surface area contributed by atoms with Gasteiger partial charge in [0.15, 0.2) is 0 Å². The number of carbonyl (C=O) groups excluding carboxylic acids is 2. The van der Waals surface area contributed by atoms with Gasteiger partial charge in [-0.05, 0) is 42.7 Å². The molecule has 2 amide bonds. The van der Waals surface area contributed by atoms with Gasteiger partial charge in [0.2, 0.25) is 5.91 Å². The molecule has 1 aliphatic carbocycles. The van der Waals surface area contributed by atoms with E-state index in [9.17, 15) is 9.59 Å². The average Bonchev–Trinajstić information content (AvgIpc) is 3.52. The molecule has 4 nitrogen and oxygen atoms in total. The monoisotopic (exact) mass is 403 g/mol. The lowest BCUT2D eigenvalue weighted by molar-refractivity contribution is -0.133. The number of hydrogen-bond acceptors (Lipinski definition) is 3. The molecule has 0 unspecified atom stereocenters. The van der Waals surface area contributed by atoms with Gasteiger partial charge in [0.1, 0.15) is 6.61 Å². The van der Waals surface area contributed by atoms with E-state index < -0.39 is 6.09 Å². The van der Waals surface area contributed by atoms with Crippen LogP contribution in [0.2, 0.25) is 0 Å². The van der Waals surface area contributed by atoms with E-state index in [4.69, 9.17) is 4.74 Å². The van der Waals surface area contributed by atoms with Gasteiger partial charge in [-0.3, -0.25) is 4.79 Å². The third-order valence-corrected chi connectivity index (χ3v) is 5.96. The van der Waals surface area contributed by atoms with Crippen molar-refractivity contribution in [3.8, 4) is 0 Å². The summed E-state index contributed by atoms with van der Waals surface area (Å²) in [4.78, 5) is 27.2. The number of rotatable bonds is 9. The summed E-state index contributed by atoms with van der Waals surface area (Å²) < 4.78 is 5.27. The van der Waals surface area contributed by atoms with E-state index in [1.807, 2.05) is 48.5 Å². The first-order chi connectivity index (χ1) is 14.7. The SMILES string of the molecule is O=C1OC[C@H](Cc2ccccc2)N1C(=O)[C@@H](CC=CCc1ccccc1)CC1CC1. The Labute approximate surface area is 178 Å². The standard InChI is InChI=1S/C26H29NO3/c28-25(27-24(19-30-26(27)29)18-21-12-5-2-6-13-21)23(17-22-15-16-22)14-8-7-11-20-9-3-1-4-10-20/h1-10,12-13,22-24H,11,14-19H2/t23-,24-/m0/s1. The highest BCUT2D eigenvalue weighted by Gasteiger charge is 2.41. The van der Waals surface area contributed by atoms with Gasteiger partial charge in [0, 0.05) is 5.92 Å². The molecule has 156 valence electrons. The number of allylic oxidation sites excluding steroid dienone is 2. The van der Waals surface area contributed by atoms with Crippen LogP contribution < -0.4 is 0 Å². The topological polar surface area (TPSA) is 46.6 Å². The molecular weight excluding hydrogens is 374 g/mol. The molecule has 1 aliphatic heterocycles. The highest BCUT2D eigenvalue weighted by atomic mass is 16.6. The Morgan fingerprint density at radius 2 is 1.67 bits per heavy atom. The Balaban J connectivity index is 1.41. The van der Waals surface area contributed by atoms with Crippen LogP contribution in [0.1, 0.15) is 36.8 Å². The van der Waals surface area contributed by atoms with Crippen molar-refractivity contribution < 1.29 is 14.3 Å². The average molecular weight is 404 g/mol. The molecule has 4 heteroatoms. The summed E-state index contributed by atoms with van der Waals surface area (Å²) in [6.07, 6.45) is 9.14. The van der Waals surface area contributed by atoms with Gasteiger partial charge in [-0.25, -0.2) is 9.69 Å². The summed E-state index contributed by atoms with van der Waals surface area (Å²) in [5.41, 5.74) is 2.37. The summed E-state index contributed by atoms with van der Waals surface area (Å²) in [6, 6.07) is 20.1. The zero-order valence-corrected chi connectivity index (χ0v) is 17.3. The van der Waals surface area contributed by atoms with Crippen LogP contribution in [0.3, 0.4) is 0 Å². The second kappa shape index (κ2) is 9.75. The summed E-state index contributed by atoms with van der Waals surface area (Å²) in [5.74, 6) is 0.385. The van der Waals surface area contributed by atoms with E-state index in [0.717, 1.165) is 18.4 Å². The third-order valence-electron chi connectivity index (χ3n) is 5.96. The number of carbonyl (C=O) groups is 2. The maximum atomic E-state index is 13.4. The van der Waals surface area contributed by atoms with E-state index in [1.165, 1.54) is 23.3 Å². The van der Waals surface area contributed by atoms with Crippen molar-refractivity contribution in [2.24, 2.45) is 11.8 Å². The fraction of sp³-hybridized carbons (Fsp3) is 0.385. The van der Waals surface area contributed by atoms with Crippen LogP contribution in [-0.4, -0.2) is 29.5 Å². The first-order valence-corrected chi connectivity index (χ1v) is 10.9. The Hall–Kier alpha value is -2.88. The summed E-state index contributed by atoms with van der Waals surface area (Å²) in [6.45, 7) is 0.277. The zero-order chi connectivity index (χ0) is 20.8. The summed E-state index contributed by atoms with van der Waals surface area (Å²) in [5, 5.41) is 0. The molecule has 0 spiro atoms. The lowest BCUT2D eigenvalue weighted by atomic mass is 9.95. The minimum absolute atomic E-state index is 0.0744. The van der Waals surface area contributed by atoms with Crippen molar-refractivity contribution in [3.63, 3.8) is 0 Å². The molecule has 2 aromatic carbocycles. The summed E-state index contributed by atoms with van der Waals surface area (Å²) in [7, 11) is 0. The molecule has 4 rings (SSSR count). The number of amides is 2. The Bertz CT molecular complexity index is 874. The van der Waals surface area contributed by atoms with E-state index in [2.05, 4.69) is 24.3 Å². The minimum atomic E-state index is -0.491. The lowest BCUT2D eigenvalue weighted by Crippen LogP contribution is -2.43. The molecule has 2 aliphatic rings. The predicted octanol–water partition coefficient (Wildman–Crippen LogP) is 5.18. The lowest BCUT2D eigenvalue weighted by Gasteiger charge is -2.24. The van der Waals surface area contributed by atoms with Gasteiger partial charge in [-0.15, -0.1) is 0 Å². The fourth-order valence-corrected chi connectivity index (χ4v) is 4.11. The second-order valence-electron chi connectivity index (χ2n) is 8.40. The van der Waals surface area contributed by atoms with Crippen molar-refractivity contribution in [1.29, 1.82) is 0 Å². The van der Waals surface area contributed by atoms with Crippen molar-refractivity contribution in [3.05, 3.63) is 83.9 Å². The quantitative estimate of drug-likeness (QED) is 0.542. The summed E-state index contributed by atoms with van der Waals surface area (Å²) >= 11 is 0. The van der Waals surface area contributed by atoms with Gasteiger partial charge in [0.25, 0.3) is 0 Å². The molecule has 2 atom stereocenters. The number of hydrogen-bond donors (Lipinski definition) is 0. The van der Waals surface area contributed by atoms with E-state index in [-0.39, 0.29) is 24.5 Å². The highest BCUT2D eigenvalue weighted by molar-refractivity contribution is 5.95. The number of benzene rings is 2. The van der Waals surface area contributed by atoms with Gasteiger partial charge in [-0.1, -0.05) is 85.7 Å². The molecule has 1 saturated heterocycles. The molecule has 2 fully saturated rings. The predicted molar refractivity (Wildman–Crippen MR) is 117 cm³/mol. The van der Waals surface area contributed by atoms with Crippen molar-refractivity contribution in [2.45, 2.75) is 44.6 Å². The number of ether oxygens (including phenoxy) is 1. The molecule has 30 heavy (non-hydrogen) atoms. The van der Waals surface area contributed by atoms with Gasteiger partial charge in [-0.2, -0.15) is 0 Å². The molecule has 0 N–H and O–H groups in total. The van der Waals surface area contributed by atoms with E-state index >= 15 is 0 Å². The largest absolute Gasteiger partial charge is 0.447 e. The van der Waals surface area contributed by atoms with E-state index in [0.29, 0.717) is 18.8 Å². The van der Waals surface area contributed by atoms with Crippen LogP contribution in [0.4, 0.5) is 4.79 Å². The molecule has 1 heterocycles. The van der Waals surface area contributed by atoms with Crippen LogP contribution in [0, 0.1) is 11.8 Å². The van der Waals surface area contributed by atoms with Crippen LogP contribution in [0.15, 0.2) is 72.8 Å². The van der Waals surface area contributed by atoms with Crippen molar-refractivity contribution in [1.82, 2.24) is 4.90 Å². The van der Waals surface area contributed by atoms with E-state index in [1.54, 1.807) is 0 Å². The van der Waals surface area contributed by atoms with Crippen molar-refractivity contribution >= 4 is 12.0 Å². The molecule has 1 saturated carbocycles. The molecule has 0 radical (unpaired) electrons.